The van der Waals surface area contributed by atoms with Crippen LogP contribution in [-0.4, -0.2) is 0 Å². The molecule has 0 bridgehead atoms. The molecule has 5 aromatic heterocycles. The van der Waals surface area contributed by atoms with Crippen LogP contribution in [-0.2, 0) is 81.5 Å². The molecule has 20 rings (SSSR count). The van der Waals surface area contributed by atoms with Crippen molar-refractivity contribution in [1.82, 2.24) is 0 Å². The molecule has 0 radical (unpaired) electrons. The number of benzene rings is 10. The van der Waals surface area contributed by atoms with Crippen molar-refractivity contribution in [2.45, 2.75) is 210 Å². The van der Waals surface area contributed by atoms with Gasteiger partial charge >= 0.3 is 0 Å². The smallest absolute Gasteiger partial charge is 0.201 e. The number of aryl methyl sites for hydroxylation is 13. The predicted molar refractivity (Wildman–Crippen MR) is 533 cm³/mol. The highest BCUT2D eigenvalue weighted by Gasteiger charge is 2.46. The van der Waals surface area contributed by atoms with Crippen molar-refractivity contribution in [1.29, 1.82) is 0 Å². The van der Waals surface area contributed by atoms with E-state index < -0.39 is 25.0 Å². The van der Waals surface area contributed by atoms with Gasteiger partial charge in [0.1, 0.15) is 35.2 Å². The van der Waals surface area contributed by atoms with Gasteiger partial charge in [-0.05, 0) is 234 Å². The summed E-state index contributed by atoms with van der Waals surface area (Å²) in [6, 6.07) is 87.3. The molecule has 0 N–H and O–H groups in total. The second-order valence-corrected chi connectivity index (χ2v) is 39.1. The molecule has 15 aromatic rings. The Morgan fingerprint density at radius 3 is 0.858 bits per heavy atom. The third-order valence-electron chi connectivity index (χ3n) is 28.9. The average molecular weight is 1680 g/mol. The summed E-state index contributed by atoms with van der Waals surface area (Å²) in [5, 5.41) is 0. The number of hydrogen-bond donors (Lipinski definition) is 0. The molecule has 0 aliphatic heterocycles. The van der Waals surface area contributed by atoms with Gasteiger partial charge in [0, 0.05) is 95.8 Å². The molecule has 0 saturated carbocycles. The van der Waals surface area contributed by atoms with E-state index in [1.54, 1.807) is 13.0 Å². The molecule has 127 heavy (non-hydrogen) atoms. The maximum absolute atomic E-state index is 8.57. The Labute approximate surface area is 770 Å². The lowest BCUT2D eigenvalue weighted by atomic mass is 9.78. The highest BCUT2D eigenvalue weighted by Crippen LogP contribution is 2.58. The summed E-state index contributed by atoms with van der Waals surface area (Å²) in [5.74, 6) is -2.28. The van der Waals surface area contributed by atoms with E-state index in [0.29, 0.717) is 11.1 Å². The van der Waals surface area contributed by atoms with E-state index in [9.17, 15) is 0 Å². The first-order valence-corrected chi connectivity index (χ1v) is 45.7. The second-order valence-electron chi connectivity index (χ2n) is 39.1. The van der Waals surface area contributed by atoms with Gasteiger partial charge < -0.3 is 0 Å². The normalized spacial score (nSPS) is 15.9. The maximum Gasteiger partial charge on any atom is 0.213 e. The van der Waals surface area contributed by atoms with E-state index >= 15 is 0 Å². The average Bonchev–Trinajstić information content (AvgIpc) is 1.57. The van der Waals surface area contributed by atoms with Crippen LogP contribution in [0.5, 0.6) is 0 Å². The molecule has 0 spiro atoms. The highest BCUT2D eigenvalue weighted by molar-refractivity contribution is 5.94. The van der Waals surface area contributed by atoms with Crippen LogP contribution >= 0.6 is 0 Å². The Bertz CT molecular complexity index is 7040. The molecule has 642 valence electrons. The van der Waals surface area contributed by atoms with Gasteiger partial charge in [-0.1, -0.05) is 300 Å². The largest absolute Gasteiger partial charge is 0.213 e. The molecule has 5 heteroatoms. The fraction of sp³-hybridized carbons (Fsp3) is 0.303. The van der Waals surface area contributed by atoms with Gasteiger partial charge in [0.25, 0.3) is 0 Å². The molecule has 5 aliphatic rings. The third-order valence-corrected chi connectivity index (χ3v) is 28.9. The quantitative estimate of drug-likeness (QED) is 0.122. The topological polar surface area (TPSA) is 19.4 Å². The molecule has 1 unspecified atom stereocenters. The minimum Gasteiger partial charge on any atom is -0.201 e. The number of rotatable bonds is 10. The molecule has 0 saturated heterocycles. The van der Waals surface area contributed by atoms with E-state index in [2.05, 4.69) is 400 Å². The Kier molecular flexibility index (Phi) is 21.3. The van der Waals surface area contributed by atoms with Crippen LogP contribution in [0.3, 0.4) is 0 Å². The number of hydrogen-bond acceptors (Lipinski definition) is 0. The van der Waals surface area contributed by atoms with Crippen molar-refractivity contribution in [2.75, 3.05) is 0 Å². The lowest BCUT2D eigenvalue weighted by Crippen LogP contribution is -2.32. The summed E-state index contributed by atoms with van der Waals surface area (Å²) < 4.78 is 67.3. The summed E-state index contributed by atoms with van der Waals surface area (Å²) in [6.45, 7) is 43.2. The van der Waals surface area contributed by atoms with E-state index in [4.69, 9.17) is 9.60 Å². The standard InChI is InChI=1S/2C25H28N.3C24H26N/c1-16(2)18-12-14-22(26(6)15-18)23-17(3)11-13-20-19-9-7-8-10-21(19)25(4,5)24(20)23;1-16(2)18-13-14-26(6)22(15-18)23-17(3)11-12-20-19-9-7-8-10-21(19)25(4,5)24(20)23;2*1-6-17-12-14-21(25(5)15-17)22-16(2)11-13-19-18-9-7-8-10-20(18)24(3,4)23(19)22;1-6-17-13-14-25(5)21(15-17)22-16(2)11-12-19-18-9-7-8-10-20(18)24(3,4)23(19)22/h2*7-16H,1-6H3;3*7-15H,6H2,1-5H3/q5*+1/i16D;1D3,16D;6D2;;. The molecule has 1 atom stereocenters. The van der Waals surface area contributed by atoms with Crippen molar-refractivity contribution < 1.29 is 32.4 Å². The minimum atomic E-state index is -2.41. The van der Waals surface area contributed by atoms with E-state index in [0.717, 1.165) is 40.9 Å². The predicted octanol–water partition coefficient (Wildman–Crippen LogP) is 27.9. The zero-order valence-corrected chi connectivity index (χ0v) is 80.1. The Morgan fingerprint density at radius 2 is 0.559 bits per heavy atom. The first kappa shape index (κ1) is 79.6. The lowest BCUT2D eigenvalue weighted by molar-refractivity contribution is -0.661. The molecule has 5 nitrogen and oxygen atoms in total. The molecular formula is C122H134N5+5. The molecule has 0 amide bonds. The SMILES string of the molecule is CCc1cc[n+](C)c(-c2c(C)ccc3c2C(C)(C)c2ccccc2-3)c1.CCc1ccc(-c2c(C)ccc3c2C(C)(C)c2ccccc2-3)[n+](C)c1.[2H]C(C)(C)c1ccc(-c2c(C)ccc3c2C(C)(C)c2ccccc2-3)[n+](C)c1.[2H]C([2H])(C)c1ccc(-c2c(C)ccc3c2C(C)(C)c2ccccc2-3)[n+](C)c1.[2H]C([2H])([2H])C([2H])(C)c1cc[n+](C)c(-c2c(C)ccc3c2C(C)(C)c2ccccc2-3)c1. The van der Waals surface area contributed by atoms with Gasteiger partial charge in [0.15, 0.2) is 31.0 Å². The van der Waals surface area contributed by atoms with Crippen molar-refractivity contribution in [3.63, 3.8) is 0 Å². The third kappa shape index (κ3) is 15.2. The van der Waals surface area contributed by atoms with E-state index in [-0.39, 0.29) is 27.1 Å². The molecule has 0 fully saturated rings. The Hall–Kier alpha value is -12.1. The van der Waals surface area contributed by atoms with Crippen molar-refractivity contribution >= 4 is 0 Å². The summed E-state index contributed by atoms with van der Waals surface area (Å²) in [4.78, 5) is 0. The molecule has 10 aromatic carbocycles. The highest BCUT2D eigenvalue weighted by atomic mass is 14.9. The van der Waals surface area contributed by atoms with Crippen LogP contribution in [0.15, 0.2) is 274 Å². The lowest BCUT2D eigenvalue weighted by Gasteiger charge is -2.24. The van der Waals surface area contributed by atoms with Gasteiger partial charge in [-0.25, -0.2) is 22.8 Å². The zero-order valence-electron chi connectivity index (χ0n) is 87.1. The minimum absolute atomic E-state index is 0.0164. The van der Waals surface area contributed by atoms with Gasteiger partial charge in [0.2, 0.25) is 28.5 Å². The summed E-state index contributed by atoms with van der Waals surface area (Å²) in [6.07, 6.45) is 11.1. The van der Waals surface area contributed by atoms with Crippen LogP contribution in [0.25, 0.3) is 112 Å². The van der Waals surface area contributed by atoms with Crippen LogP contribution in [0.2, 0.25) is 0 Å². The monoisotopic (exact) mass is 1680 g/mol. The number of pyridine rings is 5. The number of aromatic nitrogens is 5. The molecular weight excluding hydrogens is 1540 g/mol. The fourth-order valence-corrected chi connectivity index (χ4v) is 22.0. The van der Waals surface area contributed by atoms with Gasteiger partial charge in [-0.15, -0.1) is 0 Å². The van der Waals surface area contributed by atoms with Gasteiger partial charge in [-0.3, -0.25) is 0 Å². The van der Waals surface area contributed by atoms with Crippen molar-refractivity contribution in [3.8, 4) is 112 Å². The first-order chi connectivity index (χ1) is 63.0. The van der Waals surface area contributed by atoms with E-state index in [1.165, 1.54) is 191 Å². The van der Waals surface area contributed by atoms with Crippen LogP contribution in [0.1, 0.15) is 250 Å². The second kappa shape index (κ2) is 33.9. The van der Waals surface area contributed by atoms with Crippen molar-refractivity contribution in [3.05, 3.63) is 385 Å². The molecule has 5 heterocycles. The molecule has 5 aliphatic carbocycles. The van der Waals surface area contributed by atoms with Crippen LogP contribution in [0.4, 0.5) is 0 Å². The Morgan fingerprint density at radius 1 is 0.276 bits per heavy atom. The Balaban J connectivity index is 0.000000122. The number of fused-ring (bicyclic) bond motifs is 15. The van der Waals surface area contributed by atoms with Gasteiger partial charge in [0.05, 0.1) is 27.8 Å². The van der Waals surface area contributed by atoms with Crippen molar-refractivity contribution in [2.24, 2.45) is 35.2 Å². The van der Waals surface area contributed by atoms with E-state index in [1.807, 2.05) is 57.0 Å². The van der Waals surface area contributed by atoms with Crippen LogP contribution < -0.4 is 22.8 Å². The summed E-state index contributed by atoms with van der Waals surface area (Å²) in [5.41, 5.74) is 50.8. The summed E-state index contributed by atoms with van der Waals surface area (Å²) >= 11 is 0. The number of nitrogens with zero attached hydrogens (tertiary/aromatic N) is 5. The maximum atomic E-state index is 8.57. The first-order valence-electron chi connectivity index (χ1n) is 49.2. The summed E-state index contributed by atoms with van der Waals surface area (Å²) in [7, 11) is 10.4. The van der Waals surface area contributed by atoms with Gasteiger partial charge in [-0.2, -0.15) is 0 Å². The van der Waals surface area contributed by atoms with Crippen LogP contribution in [0, 0.1) is 34.6 Å². The fourth-order valence-electron chi connectivity index (χ4n) is 22.0. The zero-order chi connectivity index (χ0) is 96.7.